The number of nitrogens with zero attached hydrogens (tertiary/aromatic N) is 1. The molecule has 1 saturated heterocycles. The number of rotatable bonds is 21. The van der Waals surface area contributed by atoms with Crippen molar-refractivity contribution in [3.8, 4) is 5.75 Å². The number of phenols is 1. The minimum absolute atomic E-state index is 0.0260. The number of carbonyl (C=O) groups is 8. The number of amides is 8. The van der Waals surface area contributed by atoms with E-state index in [0.717, 1.165) is 10.9 Å². The number of fused-ring (bicyclic) bond motifs is 1. The van der Waals surface area contributed by atoms with Crippen molar-refractivity contribution in [2.75, 3.05) is 13.2 Å². The second-order valence-electron chi connectivity index (χ2n) is 15.7. The SMILES string of the molecule is C[C@H](NC(=O)[C@H](Cc1c[nH]c2ccccc12)NC(=O)[C@@H]1CCCN1C(=O)[C@H](CO)NC(=O)[C@@H](N)Cc1ccc(O)cc1)C(=O)N[C@@H](CC(N)=O)C(=O)N[C@@H](Cc1ccccc1)C(N)=O. The third-order valence-corrected chi connectivity index (χ3v) is 10.8. The maximum absolute atomic E-state index is 14.1. The summed E-state index contributed by atoms with van der Waals surface area (Å²) in [5.41, 5.74) is 19.8. The summed E-state index contributed by atoms with van der Waals surface area (Å²) in [6, 6.07) is 12.9. The highest BCUT2D eigenvalue weighted by Gasteiger charge is 2.40. The Labute approximate surface area is 368 Å². The number of aromatic amines is 1. The van der Waals surface area contributed by atoms with Gasteiger partial charge in [-0.25, -0.2) is 0 Å². The van der Waals surface area contributed by atoms with E-state index in [1.54, 1.807) is 54.7 Å². The molecular weight excluding hydrogens is 829 g/mol. The first-order valence-electron chi connectivity index (χ1n) is 20.7. The molecule has 1 aliphatic heterocycles. The molecule has 1 aliphatic rings. The van der Waals surface area contributed by atoms with Crippen LogP contribution in [0, 0.1) is 0 Å². The van der Waals surface area contributed by atoms with Crippen molar-refractivity contribution >= 4 is 58.2 Å². The Hall–Kier alpha value is -7.32. The number of carbonyl (C=O) groups excluding carboxylic acids is 8. The summed E-state index contributed by atoms with van der Waals surface area (Å²) in [5, 5.41) is 33.1. The Morgan fingerprint density at radius 1 is 0.719 bits per heavy atom. The number of likely N-dealkylation sites (tertiary alicyclic amines) is 1. The number of aliphatic hydroxyl groups excluding tert-OH is 1. The first-order valence-corrected chi connectivity index (χ1v) is 20.7. The van der Waals surface area contributed by atoms with Gasteiger partial charge in [-0.15, -0.1) is 0 Å². The van der Waals surface area contributed by atoms with Gasteiger partial charge >= 0.3 is 0 Å². The van der Waals surface area contributed by atoms with Crippen molar-refractivity contribution < 1.29 is 48.6 Å². The van der Waals surface area contributed by atoms with E-state index in [2.05, 4.69) is 31.6 Å². The van der Waals surface area contributed by atoms with Gasteiger partial charge < -0.3 is 63.9 Å². The van der Waals surface area contributed by atoms with Gasteiger partial charge in [0.25, 0.3) is 0 Å². The first-order chi connectivity index (χ1) is 30.5. The molecule has 4 aromatic rings. The number of H-pyrrole nitrogens is 1. The van der Waals surface area contributed by atoms with Crippen LogP contribution in [0.15, 0.2) is 85.1 Å². The molecule has 0 aliphatic carbocycles. The average molecular weight is 883 g/mol. The maximum atomic E-state index is 14.1. The van der Waals surface area contributed by atoms with Gasteiger partial charge in [-0.05, 0) is 61.1 Å². The number of phenolic OH excluding ortho intramolecular Hbond substituents is 1. The van der Waals surface area contributed by atoms with Crippen LogP contribution in [0.4, 0.5) is 0 Å². The third-order valence-electron chi connectivity index (χ3n) is 10.8. The highest BCUT2D eigenvalue weighted by Crippen LogP contribution is 2.22. The second kappa shape index (κ2) is 22.2. The number of aromatic hydroxyl groups is 1. The number of aliphatic hydroxyl groups is 1. The van der Waals surface area contributed by atoms with Crippen LogP contribution >= 0.6 is 0 Å². The first kappa shape index (κ1) is 47.7. The molecule has 0 bridgehead atoms. The Bertz CT molecular complexity index is 2320. The van der Waals surface area contributed by atoms with E-state index in [1.165, 1.54) is 24.0 Å². The molecule has 2 heterocycles. The molecule has 8 amide bonds. The number of para-hydroxylation sites is 1. The quantitative estimate of drug-likeness (QED) is 0.0436. The molecule has 0 spiro atoms. The number of hydrogen-bond acceptors (Lipinski definition) is 11. The molecule has 7 atom stereocenters. The molecule has 0 unspecified atom stereocenters. The van der Waals surface area contributed by atoms with E-state index >= 15 is 0 Å². The zero-order chi connectivity index (χ0) is 46.5. The van der Waals surface area contributed by atoms with Gasteiger partial charge in [0.15, 0.2) is 0 Å². The number of nitrogens with one attached hydrogen (secondary N) is 6. The standard InChI is InChI=1S/C44H54N10O10/c1-24(39(59)51-34(21-37(46)57)42(62)50-32(38(47)58)19-25-8-3-2-4-9-25)49-41(61)33(20-27-22-48-31-11-6-5-10-29(27)31)52-43(63)36-12-7-17-54(36)44(64)35(23-55)53-40(60)30(45)18-26-13-15-28(56)16-14-26/h2-6,8-11,13-16,22,24,30,32-36,48,55-56H,7,12,17-21,23,45H2,1H3,(H2,46,57)(H2,47,58)(H,49,61)(H,50,62)(H,51,59)(H,52,63)(H,53,60)/t24-,30-,32-,33-,34-,35-,36-/m0/s1. The lowest BCUT2D eigenvalue weighted by atomic mass is 10.0. The fraction of sp³-hybridized carbons (Fsp3) is 0.364. The van der Waals surface area contributed by atoms with Crippen molar-refractivity contribution in [2.45, 2.75) is 87.7 Å². The molecule has 1 aromatic heterocycles. The van der Waals surface area contributed by atoms with Gasteiger partial charge in [0.05, 0.1) is 19.1 Å². The van der Waals surface area contributed by atoms with E-state index in [1.807, 2.05) is 18.2 Å². The van der Waals surface area contributed by atoms with Crippen LogP contribution in [-0.4, -0.2) is 123 Å². The van der Waals surface area contributed by atoms with Crippen LogP contribution in [0.5, 0.6) is 5.75 Å². The molecule has 0 radical (unpaired) electrons. The molecule has 0 saturated carbocycles. The molecule has 5 rings (SSSR count). The number of aromatic nitrogens is 1. The lowest BCUT2D eigenvalue weighted by molar-refractivity contribution is -0.143. The Kier molecular flexibility index (Phi) is 16.5. The van der Waals surface area contributed by atoms with Crippen molar-refractivity contribution in [1.82, 2.24) is 36.5 Å². The predicted molar refractivity (Wildman–Crippen MR) is 232 cm³/mol. The molecule has 340 valence electrons. The van der Waals surface area contributed by atoms with Gasteiger partial charge in [-0.3, -0.25) is 38.4 Å². The van der Waals surface area contributed by atoms with Crippen molar-refractivity contribution in [3.05, 3.63) is 102 Å². The van der Waals surface area contributed by atoms with Gasteiger partial charge in [0.2, 0.25) is 47.3 Å². The van der Waals surface area contributed by atoms with E-state index in [0.29, 0.717) is 23.1 Å². The maximum Gasteiger partial charge on any atom is 0.248 e. The lowest BCUT2D eigenvalue weighted by Crippen LogP contribution is -2.60. The number of nitrogens with two attached hydrogens (primary N) is 3. The summed E-state index contributed by atoms with van der Waals surface area (Å²) in [4.78, 5) is 110. The zero-order valence-corrected chi connectivity index (χ0v) is 35.1. The van der Waals surface area contributed by atoms with Crippen LogP contribution < -0.4 is 43.8 Å². The molecule has 14 N–H and O–H groups in total. The molecule has 1 fully saturated rings. The lowest BCUT2D eigenvalue weighted by Gasteiger charge is -2.30. The highest BCUT2D eigenvalue weighted by molar-refractivity contribution is 5.98. The summed E-state index contributed by atoms with van der Waals surface area (Å²) in [5.74, 6) is -6.61. The summed E-state index contributed by atoms with van der Waals surface area (Å²) in [7, 11) is 0. The predicted octanol–water partition coefficient (Wildman–Crippen LogP) is -1.98. The number of hydrogen-bond donors (Lipinski definition) is 11. The number of primary amides is 2. The van der Waals surface area contributed by atoms with Crippen molar-refractivity contribution in [3.63, 3.8) is 0 Å². The Morgan fingerprint density at radius 3 is 2.02 bits per heavy atom. The molecule has 20 nitrogen and oxygen atoms in total. The largest absolute Gasteiger partial charge is 0.508 e. The minimum Gasteiger partial charge on any atom is -0.508 e. The Morgan fingerprint density at radius 2 is 1.34 bits per heavy atom. The van der Waals surface area contributed by atoms with Crippen LogP contribution in [0.3, 0.4) is 0 Å². The van der Waals surface area contributed by atoms with Crippen LogP contribution in [0.25, 0.3) is 10.9 Å². The van der Waals surface area contributed by atoms with E-state index in [4.69, 9.17) is 17.2 Å². The van der Waals surface area contributed by atoms with Crippen molar-refractivity contribution in [2.24, 2.45) is 17.2 Å². The van der Waals surface area contributed by atoms with E-state index in [9.17, 15) is 48.6 Å². The smallest absolute Gasteiger partial charge is 0.248 e. The summed E-state index contributed by atoms with van der Waals surface area (Å²) in [6.07, 6.45) is 1.62. The number of benzene rings is 3. The normalized spacial score (nSPS) is 16.3. The molecule has 3 aromatic carbocycles. The topological polar surface area (TPSA) is 334 Å². The van der Waals surface area contributed by atoms with Crippen molar-refractivity contribution in [1.29, 1.82) is 0 Å². The fourth-order valence-corrected chi connectivity index (χ4v) is 7.38. The van der Waals surface area contributed by atoms with Gasteiger partial charge in [0.1, 0.15) is 42.0 Å². The third kappa shape index (κ3) is 12.9. The summed E-state index contributed by atoms with van der Waals surface area (Å²) >= 11 is 0. The molecule has 20 heteroatoms. The van der Waals surface area contributed by atoms with Crippen LogP contribution in [-0.2, 0) is 57.6 Å². The second-order valence-corrected chi connectivity index (χ2v) is 15.7. The Balaban J connectivity index is 1.27. The van der Waals surface area contributed by atoms with Gasteiger partial charge in [0, 0.05) is 36.5 Å². The monoisotopic (exact) mass is 882 g/mol. The van der Waals surface area contributed by atoms with Gasteiger partial charge in [-0.2, -0.15) is 0 Å². The zero-order valence-electron chi connectivity index (χ0n) is 35.1. The molecular formula is C44H54N10O10. The van der Waals surface area contributed by atoms with Gasteiger partial charge in [-0.1, -0.05) is 60.7 Å². The van der Waals surface area contributed by atoms with Crippen LogP contribution in [0.2, 0.25) is 0 Å². The summed E-state index contributed by atoms with van der Waals surface area (Å²) in [6.45, 7) is 0.621. The van der Waals surface area contributed by atoms with E-state index < -0.39 is 103 Å². The summed E-state index contributed by atoms with van der Waals surface area (Å²) < 4.78 is 0. The average Bonchev–Trinajstić information content (AvgIpc) is 3.93. The minimum atomic E-state index is -1.56. The fourth-order valence-electron chi connectivity index (χ4n) is 7.38. The highest BCUT2D eigenvalue weighted by atomic mass is 16.3. The van der Waals surface area contributed by atoms with E-state index in [-0.39, 0.29) is 38.0 Å². The van der Waals surface area contributed by atoms with Crippen LogP contribution in [0.1, 0.15) is 42.9 Å². The molecule has 64 heavy (non-hydrogen) atoms.